The van der Waals surface area contributed by atoms with Gasteiger partial charge in [-0.15, -0.1) is 24.8 Å². The molecule has 3 N–H and O–H groups in total. The largest absolute Gasteiger partial charge is 0.347 e. The zero-order chi connectivity index (χ0) is 12.3. The van der Waals surface area contributed by atoms with Gasteiger partial charge in [-0.2, -0.15) is 0 Å². The molecule has 7 heteroatoms. The molecule has 1 aromatic rings. The minimum atomic E-state index is -0.663. The second-order valence-electron chi connectivity index (χ2n) is 4.85. The molecule has 1 aromatic heterocycles. The number of carbonyl (C=O) groups excluding carboxylic acids is 1. The molecule has 1 heterocycles. The van der Waals surface area contributed by atoms with Crippen molar-refractivity contribution in [2.24, 2.45) is 12.8 Å². The third-order valence-electron chi connectivity index (χ3n) is 3.53. The van der Waals surface area contributed by atoms with E-state index >= 15 is 0 Å². The fraction of sp³-hybridized carbons (Fsp3) is 0.667. The van der Waals surface area contributed by atoms with Crippen molar-refractivity contribution in [3.8, 4) is 0 Å². The molecule has 19 heavy (non-hydrogen) atoms. The highest BCUT2D eigenvalue weighted by atomic mass is 35.5. The van der Waals surface area contributed by atoms with Crippen LogP contribution in [-0.4, -0.2) is 21.0 Å². The fourth-order valence-electron chi connectivity index (χ4n) is 2.31. The van der Waals surface area contributed by atoms with Gasteiger partial charge in [0.05, 0.1) is 12.1 Å². The first-order chi connectivity index (χ1) is 8.12. The average molecular weight is 309 g/mol. The first kappa shape index (κ1) is 18.2. The lowest BCUT2D eigenvalue weighted by atomic mass is 9.82. The van der Waals surface area contributed by atoms with Crippen LogP contribution in [0.2, 0.25) is 0 Å². The van der Waals surface area contributed by atoms with Crippen LogP contribution in [0.3, 0.4) is 0 Å². The van der Waals surface area contributed by atoms with Crippen LogP contribution in [0.1, 0.15) is 37.9 Å². The predicted molar refractivity (Wildman–Crippen MR) is 79.6 cm³/mol. The molecule has 1 aliphatic carbocycles. The highest BCUT2D eigenvalue weighted by molar-refractivity contribution is 5.86. The van der Waals surface area contributed by atoms with E-state index in [1.165, 1.54) is 6.42 Å². The lowest BCUT2D eigenvalue weighted by molar-refractivity contribution is -0.127. The smallest absolute Gasteiger partial charge is 0.240 e. The Morgan fingerprint density at radius 1 is 1.42 bits per heavy atom. The normalized spacial score (nSPS) is 16.9. The van der Waals surface area contributed by atoms with E-state index in [1.54, 1.807) is 6.20 Å². The average Bonchev–Trinajstić information content (AvgIpc) is 2.73. The Kier molecular flexibility index (Phi) is 7.41. The Morgan fingerprint density at radius 3 is 2.58 bits per heavy atom. The third-order valence-corrected chi connectivity index (χ3v) is 3.53. The molecular weight excluding hydrogens is 287 g/mol. The number of aryl methyl sites for hydroxylation is 1. The Bertz CT molecular complexity index is 402. The number of nitrogens with two attached hydrogens (primary N) is 1. The molecule has 0 radical (unpaired) electrons. The van der Waals surface area contributed by atoms with Crippen molar-refractivity contribution >= 4 is 30.7 Å². The number of amides is 1. The topological polar surface area (TPSA) is 72.9 Å². The van der Waals surface area contributed by atoms with E-state index in [2.05, 4.69) is 10.3 Å². The van der Waals surface area contributed by atoms with Gasteiger partial charge in [0.15, 0.2) is 0 Å². The molecule has 0 aromatic carbocycles. The number of halogens is 2. The van der Waals surface area contributed by atoms with Gasteiger partial charge in [-0.3, -0.25) is 4.79 Å². The van der Waals surface area contributed by atoms with Crippen molar-refractivity contribution in [3.05, 3.63) is 18.2 Å². The van der Waals surface area contributed by atoms with Crippen molar-refractivity contribution in [2.45, 2.75) is 44.2 Å². The number of aromatic nitrogens is 2. The Balaban J connectivity index is 0.00000162. The van der Waals surface area contributed by atoms with Crippen molar-refractivity contribution in [3.63, 3.8) is 0 Å². The van der Waals surface area contributed by atoms with Crippen LogP contribution in [0.5, 0.6) is 0 Å². The van der Waals surface area contributed by atoms with Gasteiger partial charge in [0.2, 0.25) is 5.91 Å². The second kappa shape index (κ2) is 7.72. The maximum atomic E-state index is 12.1. The second-order valence-corrected chi connectivity index (χ2v) is 4.85. The maximum absolute atomic E-state index is 12.1. The summed E-state index contributed by atoms with van der Waals surface area (Å²) in [5, 5.41) is 2.89. The van der Waals surface area contributed by atoms with Gasteiger partial charge < -0.3 is 15.6 Å². The van der Waals surface area contributed by atoms with Crippen LogP contribution in [0.15, 0.2) is 12.4 Å². The number of hydrogen-bond acceptors (Lipinski definition) is 3. The maximum Gasteiger partial charge on any atom is 0.240 e. The van der Waals surface area contributed by atoms with E-state index < -0.39 is 5.54 Å². The molecule has 1 aliphatic rings. The third kappa shape index (κ3) is 4.37. The van der Waals surface area contributed by atoms with Crippen molar-refractivity contribution in [1.29, 1.82) is 0 Å². The summed E-state index contributed by atoms with van der Waals surface area (Å²) in [6.07, 6.45) is 8.45. The summed E-state index contributed by atoms with van der Waals surface area (Å²) in [5.74, 6) is 0.804. The summed E-state index contributed by atoms with van der Waals surface area (Å²) in [7, 11) is 1.91. The lowest BCUT2D eigenvalue weighted by Crippen LogP contribution is -2.54. The first-order valence-electron chi connectivity index (χ1n) is 6.15. The highest BCUT2D eigenvalue weighted by Crippen LogP contribution is 2.25. The SMILES string of the molecule is Cl.Cl.Cn1ccnc1CNC(=O)C1(N)CCCCC1. The molecule has 0 saturated heterocycles. The fourth-order valence-corrected chi connectivity index (χ4v) is 2.31. The molecule has 0 atom stereocenters. The van der Waals surface area contributed by atoms with E-state index in [4.69, 9.17) is 5.73 Å². The van der Waals surface area contributed by atoms with Crippen LogP contribution in [0.25, 0.3) is 0 Å². The Morgan fingerprint density at radius 2 is 2.05 bits per heavy atom. The number of nitrogens with zero attached hydrogens (tertiary/aromatic N) is 2. The van der Waals surface area contributed by atoms with Crippen LogP contribution in [0, 0.1) is 0 Å². The van der Waals surface area contributed by atoms with Gasteiger partial charge in [-0.05, 0) is 12.8 Å². The molecule has 2 rings (SSSR count). The summed E-state index contributed by atoms with van der Waals surface area (Å²) in [4.78, 5) is 16.2. The van der Waals surface area contributed by atoms with Gasteiger partial charge in [0.25, 0.3) is 0 Å². The Labute approximate surface area is 126 Å². The van der Waals surface area contributed by atoms with Crippen LogP contribution in [-0.2, 0) is 18.4 Å². The zero-order valence-corrected chi connectivity index (χ0v) is 12.7. The summed E-state index contributed by atoms with van der Waals surface area (Å²) in [5.41, 5.74) is 5.48. The van der Waals surface area contributed by atoms with Crippen LogP contribution < -0.4 is 11.1 Å². The molecule has 1 amide bonds. The van der Waals surface area contributed by atoms with Gasteiger partial charge in [-0.1, -0.05) is 19.3 Å². The minimum Gasteiger partial charge on any atom is -0.347 e. The molecule has 0 unspecified atom stereocenters. The van der Waals surface area contributed by atoms with Gasteiger partial charge in [0.1, 0.15) is 5.82 Å². The molecule has 0 bridgehead atoms. The van der Waals surface area contributed by atoms with E-state index in [9.17, 15) is 4.79 Å². The number of hydrogen-bond donors (Lipinski definition) is 2. The number of nitrogens with one attached hydrogen (secondary N) is 1. The lowest BCUT2D eigenvalue weighted by Gasteiger charge is -2.31. The van der Waals surface area contributed by atoms with E-state index in [-0.39, 0.29) is 30.7 Å². The van der Waals surface area contributed by atoms with Gasteiger partial charge in [-0.25, -0.2) is 4.98 Å². The molecule has 1 saturated carbocycles. The van der Waals surface area contributed by atoms with Crippen molar-refractivity contribution in [1.82, 2.24) is 14.9 Å². The predicted octanol–water partition coefficient (Wildman–Crippen LogP) is 1.54. The summed E-state index contributed by atoms with van der Waals surface area (Å²) in [6.45, 7) is 0.446. The standard InChI is InChI=1S/C12H20N4O.2ClH/c1-16-8-7-14-10(16)9-15-11(17)12(13)5-3-2-4-6-12;;/h7-8H,2-6,9,13H2,1H3,(H,15,17);2*1H. The summed E-state index contributed by atoms with van der Waals surface area (Å²) < 4.78 is 1.89. The number of rotatable bonds is 3. The van der Waals surface area contributed by atoms with Crippen LogP contribution in [0.4, 0.5) is 0 Å². The molecule has 1 fully saturated rings. The molecule has 110 valence electrons. The van der Waals surface area contributed by atoms with E-state index in [0.717, 1.165) is 31.5 Å². The molecule has 5 nitrogen and oxygen atoms in total. The monoisotopic (exact) mass is 308 g/mol. The van der Waals surface area contributed by atoms with Crippen molar-refractivity contribution in [2.75, 3.05) is 0 Å². The number of imidazole rings is 1. The Hall–Kier alpha value is -0.780. The number of carbonyl (C=O) groups is 1. The minimum absolute atomic E-state index is 0. The molecule has 0 aliphatic heterocycles. The van der Waals surface area contributed by atoms with E-state index in [0.29, 0.717) is 6.54 Å². The zero-order valence-electron chi connectivity index (χ0n) is 11.1. The summed E-state index contributed by atoms with van der Waals surface area (Å²) >= 11 is 0. The van der Waals surface area contributed by atoms with Gasteiger partial charge in [0, 0.05) is 19.4 Å². The summed E-state index contributed by atoms with van der Waals surface area (Å²) in [6, 6.07) is 0. The van der Waals surface area contributed by atoms with Gasteiger partial charge >= 0.3 is 0 Å². The quantitative estimate of drug-likeness (QED) is 0.889. The van der Waals surface area contributed by atoms with Crippen molar-refractivity contribution < 1.29 is 4.79 Å². The first-order valence-corrected chi connectivity index (χ1v) is 6.15. The highest BCUT2D eigenvalue weighted by Gasteiger charge is 2.34. The van der Waals surface area contributed by atoms with Crippen LogP contribution >= 0.6 is 24.8 Å². The van der Waals surface area contributed by atoms with E-state index in [1.807, 2.05) is 17.8 Å². The molecular formula is C12H22Cl2N4O. The molecule has 0 spiro atoms.